The van der Waals surface area contributed by atoms with Gasteiger partial charge in [-0.25, -0.2) is 19.5 Å². The predicted molar refractivity (Wildman–Crippen MR) is 155 cm³/mol. The van der Waals surface area contributed by atoms with Crippen LogP contribution in [0.3, 0.4) is 0 Å². The van der Waals surface area contributed by atoms with Crippen molar-refractivity contribution in [3.8, 4) is 28.8 Å². The van der Waals surface area contributed by atoms with Crippen molar-refractivity contribution in [2.45, 2.75) is 18.5 Å². The minimum absolute atomic E-state index is 0.126. The number of aromatic nitrogens is 7. The lowest BCUT2D eigenvalue weighted by Gasteiger charge is -2.36. The quantitative estimate of drug-likeness (QED) is 0.268. The van der Waals surface area contributed by atoms with Crippen LogP contribution >= 0.6 is 0 Å². The van der Waals surface area contributed by atoms with Gasteiger partial charge in [0.15, 0.2) is 17.2 Å². The van der Waals surface area contributed by atoms with Crippen molar-refractivity contribution in [1.29, 1.82) is 0 Å². The van der Waals surface area contributed by atoms with Crippen LogP contribution in [0.4, 0.5) is 17.3 Å². The lowest BCUT2D eigenvalue weighted by molar-refractivity contribution is 0.0953. The van der Waals surface area contributed by atoms with E-state index in [4.69, 9.17) is 5.73 Å². The average molecular weight is 560 g/mol. The smallest absolute Gasteiger partial charge is 0.272 e. The van der Waals surface area contributed by atoms with E-state index < -0.39 is 0 Å². The van der Waals surface area contributed by atoms with Crippen LogP contribution in [0.1, 0.15) is 22.7 Å². The first-order valence-corrected chi connectivity index (χ1v) is 13.4. The minimum Gasteiger partial charge on any atom is -0.507 e. The van der Waals surface area contributed by atoms with Crippen molar-refractivity contribution < 1.29 is 9.90 Å². The van der Waals surface area contributed by atoms with Gasteiger partial charge >= 0.3 is 0 Å². The number of amides is 1. The number of phenols is 1. The number of rotatable bonds is 5. The molecule has 2 bridgehead atoms. The van der Waals surface area contributed by atoms with Crippen molar-refractivity contribution in [3.05, 3.63) is 78.6 Å². The SMILES string of the molecule is Nc1nnc(-c2ccccc2O)cc1N1C[C@H]2C[C@@H]1CN2c1ccnc(C#CCNC(=O)c2cc3ncccn3n2)n1. The van der Waals surface area contributed by atoms with Crippen molar-refractivity contribution in [2.24, 2.45) is 0 Å². The van der Waals surface area contributed by atoms with Gasteiger partial charge in [-0.2, -0.15) is 5.10 Å². The molecular formula is C29H25N11O2. The second-order valence-electron chi connectivity index (χ2n) is 10.0. The first-order chi connectivity index (χ1) is 20.5. The maximum Gasteiger partial charge on any atom is 0.272 e. The van der Waals surface area contributed by atoms with Crippen LogP contribution in [-0.4, -0.2) is 77.5 Å². The summed E-state index contributed by atoms with van der Waals surface area (Å²) >= 11 is 0. The van der Waals surface area contributed by atoms with E-state index in [-0.39, 0.29) is 36.0 Å². The van der Waals surface area contributed by atoms with E-state index in [1.165, 1.54) is 0 Å². The number of phenolic OH excluding ortho intramolecular Hbond substituents is 1. The fourth-order valence-electron chi connectivity index (χ4n) is 5.53. The molecule has 0 saturated carbocycles. The summed E-state index contributed by atoms with van der Waals surface area (Å²) in [6.45, 7) is 1.63. The zero-order chi connectivity index (χ0) is 28.6. The van der Waals surface area contributed by atoms with Gasteiger partial charge in [-0.05, 0) is 42.7 Å². The van der Waals surface area contributed by atoms with E-state index in [9.17, 15) is 9.90 Å². The molecule has 6 heterocycles. The van der Waals surface area contributed by atoms with E-state index in [0.717, 1.165) is 31.0 Å². The summed E-state index contributed by atoms with van der Waals surface area (Å²) in [4.78, 5) is 30.1. The van der Waals surface area contributed by atoms with Gasteiger partial charge < -0.3 is 26.0 Å². The zero-order valence-corrected chi connectivity index (χ0v) is 22.3. The number of nitrogen functional groups attached to an aromatic ring is 1. The topological polar surface area (TPSA) is 164 Å². The molecule has 0 unspecified atom stereocenters. The highest BCUT2D eigenvalue weighted by atomic mass is 16.3. The number of carbonyl (C=O) groups is 1. The minimum atomic E-state index is -0.333. The van der Waals surface area contributed by atoms with E-state index >= 15 is 0 Å². The van der Waals surface area contributed by atoms with E-state index in [2.05, 4.69) is 57.2 Å². The summed E-state index contributed by atoms with van der Waals surface area (Å²) in [6.07, 6.45) is 6.02. The van der Waals surface area contributed by atoms with Gasteiger partial charge in [0.25, 0.3) is 5.91 Å². The molecule has 42 heavy (non-hydrogen) atoms. The number of anilines is 3. The third kappa shape index (κ3) is 4.64. The van der Waals surface area contributed by atoms with Gasteiger partial charge in [0.2, 0.25) is 5.82 Å². The molecule has 0 radical (unpaired) electrons. The fraction of sp³-hybridized carbons (Fsp3) is 0.207. The summed E-state index contributed by atoms with van der Waals surface area (Å²) in [6, 6.07) is 14.6. The van der Waals surface area contributed by atoms with Crippen molar-refractivity contribution in [3.63, 3.8) is 0 Å². The Bertz CT molecular complexity index is 1850. The molecule has 2 aliphatic rings. The number of hydrogen-bond donors (Lipinski definition) is 3. The Hall–Kier alpha value is -5.77. The molecule has 208 valence electrons. The maximum absolute atomic E-state index is 12.4. The predicted octanol–water partition coefficient (Wildman–Crippen LogP) is 1.51. The highest BCUT2D eigenvalue weighted by molar-refractivity contribution is 5.93. The molecule has 2 aliphatic heterocycles. The number of nitrogens with zero attached hydrogens (tertiary/aromatic N) is 9. The maximum atomic E-state index is 12.4. The molecule has 4 N–H and O–H groups in total. The van der Waals surface area contributed by atoms with E-state index in [0.29, 0.717) is 28.5 Å². The van der Waals surface area contributed by atoms with Crippen LogP contribution in [0.2, 0.25) is 0 Å². The Morgan fingerprint density at radius 2 is 1.90 bits per heavy atom. The number of para-hydroxylation sites is 1. The highest BCUT2D eigenvalue weighted by Gasteiger charge is 2.44. The number of nitrogens with two attached hydrogens (primary N) is 1. The molecule has 7 rings (SSSR count). The third-order valence-corrected chi connectivity index (χ3v) is 7.47. The molecule has 0 aliphatic carbocycles. The van der Waals surface area contributed by atoms with Crippen molar-refractivity contribution in [1.82, 2.24) is 40.1 Å². The lowest BCUT2D eigenvalue weighted by atomic mass is 10.1. The molecule has 1 aromatic carbocycles. The number of fused-ring (bicyclic) bond motifs is 3. The Kier molecular flexibility index (Phi) is 6.20. The largest absolute Gasteiger partial charge is 0.507 e. The normalized spacial score (nSPS) is 17.3. The molecule has 13 heteroatoms. The first kappa shape index (κ1) is 25.2. The number of nitrogens with one attached hydrogen (secondary N) is 1. The van der Waals surface area contributed by atoms with E-state index in [1.807, 2.05) is 18.2 Å². The second kappa shape index (κ2) is 10.3. The Labute approximate surface area is 240 Å². The molecule has 0 spiro atoms. The summed E-state index contributed by atoms with van der Waals surface area (Å²) in [5, 5.41) is 25.6. The lowest BCUT2D eigenvalue weighted by Crippen LogP contribution is -2.47. The molecule has 2 fully saturated rings. The summed E-state index contributed by atoms with van der Waals surface area (Å²) in [7, 11) is 0. The van der Waals surface area contributed by atoms with Crippen LogP contribution in [0.25, 0.3) is 16.9 Å². The first-order valence-electron chi connectivity index (χ1n) is 13.4. The Morgan fingerprint density at radius 3 is 2.74 bits per heavy atom. The number of piperazine rings is 1. The van der Waals surface area contributed by atoms with E-state index in [1.54, 1.807) is 53.4 Å². The Morgan fingerprint density at radius 1 is 1.05 bits per heavy atom. The summed E-state index contributed by atoms with van der Waals surface area (Å²) in [5.74, 6) is 7.21. The molecule has 4 aromatic heterocycles. The second-order valence-corrected chi connectivity index (χ2v) is 10.0. The van der Waals surface area contributed by atoms with Crippen LogP contribution < -0.4 is 20.9 Å². The van der Waals surface area contributed by atoms with Crippen LogP contribution in [0, 0.1) is 11.8 Å². The number of aromatic hydroxyl groups is 1. The average Bonchev–Trinajstić information content (AvgIpc) is 3.75. The molecule has 2 atom stereocenters. The van der Waals surface area contributed by atoms with Gasteiger partial charge in [-0.1, -0.05) is 18.1 Å². The van der Waals surface area contributed by atoms with Crippen LogP contribution in [-0.2, 0) is 0 Å². The van der Waals surface area contributed by atoms with Gasteiger partial charge in [0.05, 0.1) is 24.0 Å². The van der Waals surface area contributed by atoms with Crippen molar-refractivity contribution in [2.75, 3.05) is 35.2 Å². The third-order valence-electron chi connectivity index (χ3n) is 7.47. The fourth-order valence-corrected chi connectivity index (χ4v) is 5.53. The summed E-state index contributed by atoms with van der Waals surface area (Å²) in [5.41, 5.74) is 9.11. The molecule has 2 saturated heterocycles. The van der Waals surface area contributed by atoms with Gasteiger partial charge in [0.1, 0.15) is 11.6 Å². The van der Waals surface area contributed by atoms with Gasteiger partial charge in [-0.15, -0.1) is 10.2 Å². The van der Waals surface area contributed by atoms with Gasteiger partial charge in [-0.3, -0.25) is 4.79 Å². The van der Waals surface area contributed by atoms with Crippen LogP contribution in [0.5, 0.6) is 5.75 Å². The Balaban J connectivity index is 1.01. The standard InChI is InChI=1S/C29H25N11O2/c30-28-23(14-21(35-36-28)20-5-1-2-6-24(20)41)38-16-19-13-18(38)17-39(19)26-8-11-31-25(34-26)7-3-9-33-29(42)22-15-27-32-10-4-12-40(27)37-22/h1-2,4-6,8,10-12,14-15,18-19,41H,9,13,16-17H2,(H2,30,36)(H,33,42)/t18-,19-/m1/s1. The molecule has 5 aromatic rings. The molecular weight excluding hydrogens is 534 g/mol. The van der Waals surface area contributed by atoms with Crippen LogP contribution in [0.15, 0.2) is 67.1 Å². The van der Waals surface area contributed by atoms with Gasteiger partial charge in [0, 0.05) is 49.4 Å². The zero-order valence-electron chi connectivity index (χ0n) is 22.3. The molecule has 13 nitrogen and oxygen atoms in total. The number of hydrogen-bond acceptors (Lipinski definition) is 11. The monoisotopic (exact) mass is 559 g/mol. The summed E-state index contributed by atoms with van der Waals surface area (Å²) < 4.78 is 1.54. The number of carbonyl (C=O) groups excluding carboxylic acids is 1. The number of benzene rings is 1. The molecule has 1 amide bonds. The highest BCUT2D eigenvalue weighted by Crippen LogP contribution is 2.39. The van der Waals surface area contributed by atoms with Crippen molar-refractivity contribution >= 4 is 28.9 Å².